The van der Waals surface area contributed by atoms with Crippen LogP contribution >= 0.6 is 11.8 Å². The highest BCUT2D eigenvalue weighted by Gasteiger charge is 2.29. The molecule has 0 spiro atoms. The van der Waals surface area contributed by atoms with Crippen LogP contribution in [-0.4, -0.2) is 56.8 Å². The van der Waals surface area contributed by atoms with Crippen molar-refractivity contribution in [3.05, 3.63) is 181 Å². The maximum atomic E-state index is 12.5. The smallest absolute Gasteiger partial charge is 0.332 e. The number of hydrogen-bond donors (Lipinski definition) is 6. The Bertz CT molecular complexity index is 3640. The number of nitrogens with zero attached hydrogens (tertiary/aromatic N) is 10. The molecule has 0 saturated heterocycles. The summed E-state index contributed by atoms with van der Waals surface area (Å²) < 4.78 is 6.78. The van der Waals surface area contributed by atoms with E-state index in [1.54, 1.807) is 11.8 Å². The number of ether oxygens (including phenoxy) is 1. The van der Waals surface area contributed by atoms with Crippen molar-refractivity contribution < 1.29 is 24.0 Å². The highest BCUT2D eigenvalue weighted by atomic mass is 32.2. The molecule has 4 heterocycles. The summed E-state index contributed by atoms with van der Waals surface area (Å²) in [5, 5.41) is 0. The Hall–Kier alpha value is -10.7. The van der Waals surface area contributed by atoms with Crippen molar-refractivity contribution in [2.45, 2.75) is 48.3 Å². The lowest BCUT2D eigenvalue weighted by atomic mass is 10.00. The number of anilines is 9. The fraction of sp³-hybridized carbons (Fsp3) is 0.102. The van der Waals surface area contributed by atoms with Gasteiger partial charge in [-0.2, -0.15) is 50.8 Å². The largest absolute Gasteiger partial charge is 0.422 e. The van der Waals surface area contributed by atoms with Gasteiger partial charge in [0, 0.05) is 33.8 Å². The van der Waals surface area contributed by atoms with Crippen LogP contribution in [0.15, 0.2) is 180 Å². The van der Waals surface area contributed by atoms with Crippen molar-refractivity contribution in [1.29, 1.82) is 0 Å². The van der Waals surface area contributed by atoms with Crippen molar-refractivity contribution in [2.75, 3.05) is 38.8 Å². The molecule has 22 heteroatoms. The Morgan fingerprint density at radius 3 is 1.31 bits per heavy atom. The molecule has 21 nitrogen and oxygen atoms in total. The van der Waals surface area contributed by atoms with E-state index in [9.17, 15) is 9.59 Å². The zero-order chi connectivity index (χ0) is 55.7. The van der Waals surface area contributed by atoms with Crippen molar-refractivity contribution in [1.82, 2.24) is 44.9 Å². The van der Waals surface area contributed by atoms with Gasteiger partial charge in [0.1, 0.15) is 0 Å². The molecule has 0 amide bonds. The van der Waals surface area contributed by atoms with Crippen LogP contribution in [0.3, 0.4) is 0 Å². The van der Waals surface area contributed by atoms with Crippen molar-refractivity contribution in [2.24, 2.45) is 0 Å². The fourth-order valence-corrected chi connectivity index (χ4v) is 10.0. The minimum Gasteiger partial charge on any atom is -0.422 e. The van der Waals surface area contributed by atoms with Gasteiger partial charge in [0.05, 0.1) is 17.1 Å². The molecule has 0 aliphatic carbocycles. The van der Waals surface area contributed by atoms with Gasteiger partial charge in [-0.15, -0.1) is 0 Å². The Kier molecular flexibility index (Phi) is 15.4. The third-order valence-electron chi connectivity index (χ3n) is 12.7. The lowest BCUT2D eigenvalue weighted by Crippen LogP contribution is -2.16. The normalized spacial score (nSPS) is 11.5. The van der Waals surface area contributed by atoms with E-state index in [-0.39, 0.29) is 54.5 Å². The Morgan fingerprint density at radius 2 is 0.852 bits per heavy atom. The molecule has 0 unspecified atom stereocenters. The second-order valence-corrected chi connectivity index (χ2v) is 19.5. The van der Waals surface area contributed by atoms with Crippen LogP contribution in [-0.2, 0) is 32.1 Å². The Labute approximate surface area is 468 Å². The van der Waals surface area contributed by atoms with Gasteiger partial charge in [-0.3, -0.25) is 0 Å². The van der Waals surface area contributed by atoms with E-state index in [0.29, 0.717) is 43.1 Å². The second-order valence-electron chi connectivity index (χ2n) is 18.4. The van der Waals surface area contributed by atoms with Crippen LogP contribution in [0.5, 0.6) is 11.8 Å². The molecule has 11 rings (SSSR count). The lowest BCUT2D eigenvalue weighted by molar-refractivity contribution is -0.141. The molecule has 0 fully saturated rings. The number of carbonyl (C=O) groups excluding carboxylic acids is 2. The predicted octanol–water partition coefficient (Wildman–Crippen LogP) is 10.8. The summed E-state index contributed by atoms with van der Waals surface area (Å²) in [5.41, 5.74) is 37.8. The zero-order valence-corrected chi connectivity index (χ0v) is 44.0. The van der Waals surface area contributed by atoms with Gasteiger partial charge in [0.2, 0.25) is 23.8 Å². The van der Waals surface area contributed by atoms with Crippen LogP contribution in [0.4, 0.5) is 52.8 Å². The number of nitrogens with one attached hydrogen (secondary N) is 2. The van der Waals surface area contributed by atoms with Crippen LogP contribution < -0.4 is 43.5 Å². The molecule has 1 aliphatic heterocycles. The SMILES string of the molecule is Nc1nc(N)nc(NOC(=O)CCCc2ccc(-c3ccc4c(c3)Sc3cc(-c5ccc(CCCC(=O)ONc6nc(N)nc(N)n6)cc5)ccc3N4c3ccccc3Oc3nc(-c4ccccc4)nc(-c4ccccc4)n3)cc2)n1. The molecule has 7 aromatic carbocycles. The molecule has 402 valence electrons. The number of fused-ring (bicyclic) bond motifs is 2. The maximum absolute atomic E-state index is 12.5. The molecule has 0 radical (unpaired) electrons. The van der Waals surface area contributed by atoms with E-state index >= 15 is 0 Å². The number of rotatable bonds is 19. The molecule has 1 aliphatic rings. The van der Waals surface area contributed by atoms with Crippen molar-refractivity contribution in [3.63, 3.8) is 0 Å². The number of para-hydroxylation sites is 2. The van der Waals surface area contributed by atoms with Gasteiger partial charge in [0.25, 0.3) is 11.9 Å². The van der Waals surface area contributed by atoms with Crippen LogP contribution in [0.25, 0.3) is 45.0 Å². The number of aryl methyl sites for hydroxylation is 2. The summed E-state index contributed by atoms with van der Waals surface area (Å²) >= 11 is 1.69. The van der Waals surface area contributed by atoms with Crippen LogP contribution in [0, 0.1) is 0 Å². The first kappa shape index (κ1) is 52.3. The van der Waals surface area contributed by atoms with Gasteiger partial charge in [0.15, 0.2) is 17.4 Å². The minimum absolute atomic E-state index is 0.0562. The number of benzene rings is 7. The molecule has 10 N–H and O–H groups in total. The summed E-state index contributed by atoms with van der Waals surface area (Å²) in [6.07, 6.45) is 2.71. The standard InChI is InChI=1S/C59H50N16O5S/c60-53-67-54(61)70-57(69-53)73-79-49(76)19-9-11-35-21-25-37(26-22-35)41-29-31-44-47(33-41)81-48-34-42(38-27-23-36(24-28-38)12-10-20-50(77)80-74-58-71-55(62)68-56(63)72-58)30-32-45(48)75(44)43-17-7-8-18-46(43)78-59-65-51(39-13-3-1-4-14-39)64-52(66-59)40-15-5-2-6-16-40/h1-8,13-18,21-34H,9-12,19-20H2,(H5,60,61,67,69,70,73)(H5,62,63,68,71,72,74). The van der Waals surface area contributed by atoms with Crippen LogP contribution in [0.1, 0.15) is 36.8 Å². The third-order valence-corrected chi connectivity index (χ3v) is 13.8. The van der Waals surface area contributed by atoms with Crippen LogP contribution in [0.2, 0.25) is 0 Å². The molecular formula is C59H50N16O5S. The van der Waals surface area contributed by atoms with Gasteiger partial charge in [-0.1, -0.05) is 145 Å². The first-order valence-corrected chi connectivity index (χ1v) is 26.4. The number of nitrogens with two attached hydrogens (primary N) is 4. The zero-order valence-electron chi connectivity index (χ0n) is 43.1. The predicted molar refractivity (Wildman–Crippen MR) is 310 cm³/mol. The number of nitrogen functional groups attached to an aromatic ring is 4. The summed E-state index contributed by atoms with van der Waals surface area (Å²) in [7, 11) is 0. The summed E-state index contributed by atoms with van der Waals surface area (Å²) in [6, 6.07) is 57.2. The molecule has 3 aromatic heterocycles. The quantitative estimate of drug-likeness (QED) is 0.0410. The molecular weight excluding hydrogens is 1040 g/mol. The van der Waals surface area contributed by atoms with Gasteiger partial charge in [-0.05, 0) is 95.5 Å². The molecule has 10 aromatic rings. The first-order chi connectivity index (χ1) is 39.5. The fourth-order valence-electron chi connectivity index (χ4n) is 8.91. The van der Waals surface area contributed by atoms with E-state index in [1.807, 2.05) is 84.9 Å². The Balaban J connectivity index is 0.849. The second kappa shape index (κ2) is 23.9. The van der Waals surface area contributed by atoms with E-state index in [4.69, 9.17) is 52.3 Å². The van der Waals surface area contributed by atoms with Gasteiger partial charge in [-0.25, -0.2) is 14.6 Å². The average Bonchev–Trinajstić information content (AvgIpc) is 3.60. The van der Waals surface area contributed by atoms with Crippen molar-refractivity contribution >= 4 is 76.5 Å². The molecule has 0 atom stereocenters. The van der Waals surface area contributed by atoms with E-state index in [2.05, 4.69) is 131 Å². The average molecular weight is 1100 g/mol. The monoisotopic (exact) mass is 1090 g/mol. The highest BCUT2D eigenvalue weighted by molar-refractivity contribution is 7.99. The number of hydrogen-bond acceptors (Lipinski definition) is 22. The van der Waals surface area contributed by atoms with Crippen molar-refractivity contribution in [3.8, 4) is 56.8 Å². The first-order valence-electron chi connectivity index (χ1n) is 25.6. The van der Waals surface area contributed by atoms with Gasteiger partial charge < -0.3 is 42.2 Å². The van der Waals surface area contributed by atoms with E-state index in [1.165, 1.54) is 0 Å². The lowest BCUT2D eigenvalue weighted by Gasteiger charge is -2.34. The molecule has 0 bridgehead atoms. The maximum Gasteiger partial charge on any atom is 0.332 e. The summed E-state index contributed by atoms with van der Waals surface area (Å²) in [5.74, 6) is 0.0408. The summed E-state index contributed by atoms with van der Waals surface area (Å²) in [4.78, 5) is 76.9. The van der Waals surface area contributed by atoms with E-state index < -0.39 is 11.9 Å². The van der Waals surface area contributed by atoms with E-state index in [0.717, 1.165) is 71.4 Å². The number of aromatic nitrogens is 9. The molecule has 0 saturated carbocycles. The molecule has 81 heavy (non-hydrogen) atoms. The summed E-state index contributed by atoms with van der Waals surface area (Å²) in [6.45, 7) is 0. The number of carbonyl (C=O) groups is 2. The highest BCUT2D eigenvalue weighted by Crippen LogP contribution is 2.55. The third kappa shape index (κ3) is 12.8. The minimum atomic E-state index is -0.484. The topological polar surface area (TPSA) is 309 Å². The van der Waals surface area contributed by atoms with Gasteiger partial charge >= 0.3 is 17.9 Å². The Morgan fingerprint density at radius 1 is 0.432 bits per heavy atom.